The van der Waals surface area contributed by atoms with Gasteiger partial charge in [-0.1, -0.05) is 48.2 Å². The van der Waals surface area contributed by atoms with Crippen LogP contribution in [0.15, 0.2) is 40.3 Å². The molecule has 26 heavy (non-hydrogen) atoms. The summed E-state index contributed by atoms with van der Waals surface area (Å²) in [6.07, 6.45) is 0.781. The summed E-state index contributed by atoms with van der Waals surface area (Å²) < 4.78 is 3.06. The Balaban J connectivity index is 1.61. The highest BCUT2D eigenvalue weighted by atomic mass is 32.2. The number of fused-ring (bicyclic) bond motifs is 1. The standard InChI is InChI=1S/C16H15N7OS2/c1-3-13-19-23-14(24)8-11(17-15(23)26-13)9-25-16-18-20-21-22(16)12-7-5-4-6-10(12)2/h4-8H,3,9H2,1-2H3. The van der Waals surface area contributed by atoms with Crippen LogP contribution in [-0.2, 0) is 12.2 Å². The predicted molar refractivity (Wildman–Crippen MR) is 100.0 cm³/mol. The highest BCUT2D eigenvalue weighted by molar-refractivity contribution is 7.98. The van der Waals surface area contributed by atoms with Gasteiger partial charge in [-0.15, -0.1) is 5.10 Å². The van der Waals surface area contributed by atoms with Gasteiger partial charge < -0.3 is 0 Å². The second kappa shape index (κ2) is 6.96. The van der Waals surface area contributed by atoms with Crippen molar-refractivity contribution in [1.82, 2.24) is 34.8 Å². The van der Waals surface area contributed by atoms with Gasteiger partial charge in [0.2, 0.25) is 10.1 Å². The van der Waals surface area contributed by atoms with Crippen molar-refractivity contribution in [2.24, 2.45) is 0 Å². The molecule has 0 fully saturated rings. The third kappa shape index (κ3) is 3.13. The smallest absolute Gasteiger partial charge is 0.267 e. The van der Waals surface area contributed by atoms with E-state index in [4.69, 9.17) is 0 Å². The fourth-order valence-electron chi connectivity index (χ4n) is 2.47. The molecular formula is C16H15N7OS2. The molecule has 1 aromatic carbocycles. The third-order valence-corrected chi connectivity index (χ3v) is 5.78. The fraction of sp³-hybridized carbons (Fsp3) is 0.250. The van der Waals surface area contributed by atoms with Gasteiger partial charge in [0.1, 0.15) is 5.01 Å². The maximum absolute atomic E-state index is 12.2. The molecule has 0 saturated carbocycles. The summed E-state index contributed by atoms with van der Waals surface area (Å²) in [4.78, 5) is 17.4. The molecular weight excluding hydrogens is 370 g/mol. The first-order chi connectivity index (χ1) is 12.7. The molecule has 0 unspecified atom stereocenters. The molecule has 0 saturated heterocycles. The van der Waals surface area contributed by atoms with E-state index in [1.807, 2.05) is 38.1 Å². The summed E-state index contributed by atoms with van der Waals surface area (Å²) in [5, 5.41) is 17.8. The Morgan fingerprint density at radius 1 is 1.27 bits per heavy atom. The van der Waals surface area contributed by atoms with Gasteiger partial charge in [-0.2, -0.15) is 14.3 Å². The molecule has 4 rings (SSSR count). The molecule has 0 amide bonds. The van der Waals surface area contributed by atoms with E-state index in [2.05, 4.69) is 25.6 Å². The van der Waals surface area contributed by atoms with Crippen LogP contribution in [0.2, 0.25) is 0 Å². The minimum absolute atomic E-state index is 0.167. The van der Waals surface area contributed by atoms with Gasteiger partial charge in [0.05, 0.1) is 11.4 Å². The fourth-order valence-corrected chi connectivity index (χ4v) is 4.11. The first-order valence-corrected chi connectivity index (χ1v) is 9.82. The number of para-hydroxylation sites is 1. The first kappa shape index (κ1) is 16.9. The lowest BCUT2D eigenvalue weighted by Crippen LogP contribution is -2.15. The molecule has 8 nitrogen and oxygen atoms in total. The Kier molecular flexibility index (Phi) is 4.51. The number of hydrogen-bond donors (Lipinski definition) is 0. The zero-order valence-electron chi connectivity index (χ0n) is 14.2. The van der Waals surface area contributed by atoms with E-state index in [1.54, 1.807) is 4.68 Å². The van der Waals surface area contributed by atoms with Crippen LogP contribution in [0.4, 0.5) is 0 Å². The van der Waals surface area contributed by atoms with Crippen molar-refractivity contribution in [3.63, 3.8) is 0 Å². The summed E-state index contributed by atoms with van der Waals surface area (Å²) in [5.41, 5.74) is 2.53. The Hall–Kier alpha value is -2.59. The normalized spacial score (nSPS) is 11.3. The zero-order chi connectivity index (χ0) is 18.1. The van der Waals surface area contributed by atoms with Gasteiger partial charge in [-0.25, -0.2) is 4.98 Å². The first-order valence-electron chi connectivity index (χ1n) is 8.01. The summed E-state index contributed by atoms with van der Waals surface area (Å²) in [5.74, 6) is 0.497. The molecule has 0 bridgehead atoms. The molecule has 0 aliphatic rings. The lowest BCUT2D eigenvalue weighted by atomic mass is 10.2. The van der Waals surface area contributed by atoms with Crippen LogP contribution in [0, 0.1) is 6.92 Å². The van der Waals surface area contributed by atoms with Crippen molar-refractivity contribution in [3.05, 3.63) is 57.0 Å². The molecule has 0 aliphatic carbocycles. The van der Waals surface area contributed by atoms with Crippen molar-refractivity contribution in [1.29, 1.82) is 0 Å². The van der Waals surface area contributed by atoms with E-state index in [9.17, 15) is 4.79 Å². The number of thioether (sulfide) groups is 1. The van der Waals surface area contributed by atoms with Gasteiger partial charge in [0.25, 0.3) is 5.56 Å². The highest BCUT2D eigenvalue weighted by Crippen LogP contribution is 2.23. The second-order valence-electron chi connectivity index (χ2n) is 5.58. The summed E-state index contributed by atoms with van der Waals surface area (Å²) in [7, 11) is 0. The van der Waals surface area contributed by atoms with Gasteiger partial charge in [0, 0.05) is 11.8 Å². The van der Waals surface area contributed by atoms with Crippen LogP contribution in [0.1, 0.15) is 23.2 Å². The lowest BCUT2D eigenvalue weighted by molar-refractivity contribution is 0.752. The van der Waals surface area contributed by atoms with Gasteiger partial charge >= 0.3 is 0 Å². The van der Waals surface area contributed by atoms with E-state index < -0.39 is 0 Å². The molecule has 0 N–H and O–H groups in total. The number of tetrazole rings is 1. The topological polar surface area (TPSA) is 90.9 Å². The van der Waals surface area contributed by atoms with Crippen LogP contribution in [0.25, 0.3) is 10.6 Å². The van der Waals surface area contributed by atoms with Crippen molar-refractivity contribution >= 4 is 28.1 Å². The van der Waals surface area contributed by atoms with Crippen LogP contribution in [0.3, 0.4) is 0 Å². The monoisotopic (exact) mass is 385 g/mol. The summed E-state index contributed by atoms with van der Waals surface area (Å²) in [6.45, 7) is 4.02. The minimum Gasteiger partial charge on any atom is -0.267 e. The molecule has 132 valence electrons. The summed E-state index contributed by atoms with van der Waals surface area (Å²) in [6, 6.07) is 9.42. The maximum Gasteiger partial charge on any atom is 0.275 e. The Morgan fingerprint density at radius 2 is 2.12 bits per heavy atom. The Labute approximate surface area is 156 Å². The predicted octanol–water partition coefficient (Wildman–Crippen LogP) is 2.29. The molecule has 10 heteroatoms. The molecule has 0 atom stereocenters. The number of aryl methyl sites for hydroxylation is 2. The largest absolute Gasteiger partial charge is 0.275 e. The van der Waals surface area contributed by atoms with Gasteiger partial charge in [-0.3, -0.25) is 4.79 Å². The highest BCUT2D eigenvalue weighted by Gasteiger charge is 2.13. The van der Waals surface area contributed by atoms with Crippen LogP contribution < -0.4 is 5.56 Å². The van der Waals surface area contributed by atoms with E-state index in [0.717, 1.165) is 22.7 Å². The van der Waals surface area contributed by atoms with Gasteiger partial charge in [0.15, 0.2) is 0 Å². The molecule has 3 heterocycles. The van der Waals surface area contributed by atoms with Crippen molar-refractivity contribution in [3.8, 4) is 5.69 Å². The quantitative estimate of drug-likeness (QED) is 0.487. The van der Waals surface area contributed by atoms with Crippen molar-refractivity contribution in [2.45, 2.75) is 31.2 Å². The number of rotatable bonds is 5. The number of benzene rings is 1. The average molecular weight is 385 g/mol. The zero-order valence-corrected chi connectivity index (χ0v) is 15.8. The molecule has 3 aromatic heterocycles. The summed E-state index contributed by atoms with van der Waals surface area (Å²) >= 11 is 2.88. The van der Waals surface area contributed by atoms with E-state index in [-0.39, 0.29) is 5.56 Å². The van der Waals surface area contributed by atoms with Crippen molar-refractivity contribution < 1.29 is 0 Å². The van der Waals surface area contributed by atoms with E-state index >= 15 is 0 Å². The van der Waals surface area contributed by atoms with E-state index in [1.165, 1.54) is 33.7 Å². The number of aromatic nitrogens is 7. The molecule has 0 aliphatic heterocycles. The van der Waals surface area contributed by atoms with E-state index in [0.29, 0.717) is 21.6 Å². The third-order valence-electron chi connectivity index (χ3n) is 3.78. The SMILES string of the molecule is CCc1nn2c(=O)cc(CSc3nnnn3-c3ccccc3C)nc2s1. The molecule has 4 aromatic rings. The lowest BCUT2D eigenvalue weighted by Gasteiger charge is -2.06. The average Bonchev–Trinajstić information content (AvgIpc) is 3.27. The minimum atomic E-state index is -0.167. The Bertz CT molecular complexity index is 1130. The van der Waals surface area contributed by atoms with Crippen LogP contribution >= 0.6 is 23.1 Å². The van der Waals surface area contributed by atoms with Crippen LogP contribution in [-0.4, -0.2) is 34.8 Å². The Morgan fingerprint density at radius 3 is 2.92 bits per heavy atom. The maximum atomic E-state index is 12.2. The van der Waals surface area contributed by atoms with Crippen LogP contribution in [0.5, 0.6) is 0 Å². The second-order valence-corrected chi connectivity index (χ2v) is 7.56. The molecule has 0 spiro atoms. The number of hydrogen-bond acceptors (Lipinski definition) is 8. The number of nitrogens with zero attached hydrogens (tertiary/aromatic N) is 7. The van der Waals surface area contributed by atoms with Gasteiger partial charge in [-0.05, 0) is 35.4 Å². The molecule has 0 radical (unpaired) electrons. The van der Waals surface area contributed by atoms with Crippen molar-refractivity contribution in [2.75, 3.05) is 0 Å².